The number of carbonyl (C=O) groups excluding carboxylic acids is 1. The molecule has 0 unspecified atom stereocenters. The predicted octanol–water partition coefficient (Wildman–Crippen LogP) is 3.57. The Hall–Kier alpha value is -2.03. The first-order valence-corrected chi connectivity index (χ1v) is 7.55. The number of aryl methyl sites for hydroxylation is 2. The molecule has 1 aliphatic rings. The first kappa shape index (κ1) is 13.9. The monoisotopic (exact) mass is 283 g/mol. The fraction of sp³-hybridized carbons (Fsp3) is 0.389. The number of carbonyl (C=O) groups is 1. The second-order valence-corrected chi connectivity index (χ2v) is 5.70. The van der Waals surface area contributed by atoms with E-state index in [2.05, 4.69) is 6.92 Å². The number of ether oxygens (including phenoxy) is 1. The molecule has 3 heteroatoms. The largest absolute Gasteiger partial charge is 0.497 e. The van der Waals surface area contributed by atoms with Crippen molar-refractivity contribution in [2.75, 3.05) is 7.11 Å². The van der Waals surface area contributed by atoms with E-state index in [1.54, 1.807) is 7.11 Å². The SMILES string of the molecule is COc1ccc(CCC(=O)n2cc(C)c3c2CCC3)cc1. The average Bonchev–Trinajstić information content (AvgIpc) is 3.10. The summed E-state index contributed by atoms with van der Waals surface area (Å²) in [6.07, 6.45) is 6.68. The first-order valence-electron chi connectivity index (χ1n) is 7.55. The maximum absolute atomic E-state index is 12.5. The van der Waals surface area contributed by atoms with Gasteiger partial charge in [-0.25, -0.2) is 0 Å². The highest BCUT2D eigenvalue weighted by molar-refractivity contribution is 5.81. The number of fused-ring (bicyclic) bond motifs is 1. The summed E-state index contributed by atoms with van der Waals surface area (Å²) < 4.78 is 7.04. The molecule has 0 bridgehead atoms. The maximum atomic E-state index is 12.5. The van der Waals surface area contributed by atoms with Gasteiger partial charge in [0.05, 0.1) is 7.11 Å². The molecule has 0 fully saturated rings. The number of aromatic nitrogens is 1. The van der Waals surface area contributed by atoms with Gasteiger partial charge in [-0.15, -0.1) is 0 Å². The van der Waals surface area contributed by atoms with Gasteiger partial charge in [-0.2, -0.15) is 0 Å². The molecule has 1 heterocycles. The molecule has 1 aromatic heterocycles. The third kappa shape index (κ3) is 2.73. The van der Waals surface area contributed by atoms with Crippen molar-refractivity contribution in [1.82, 2.24) is 4.57 Å². The predicted molar refractivity (Wildman–Crippen MR) is 83.1 cm³/mol. The van der Waals surface area contributed by atoms with Crippen molar-refractivity contribution >= 4 is 5.91 Å². The van der Waals surface area contributed by atoms with Crippen molar-refractivity contribution in [1.29, 1.82) is 0 Å². The van der Waals surface area contributed by atoms with Gasteiger partial charge in [0.15, 0.2) is 0 Å². The molecule has 2 aromatic rings. The van der Waals surface area contributed by atoms with E-state index < -0.39 is 0 Å². The van der Waals surface area contributed by atoms with Gasteiger partial charge in [0.1, 0.15) is 5.75 Å². The van der Waals surface area contributed by atoms with Gasteiger partial charge in [-0.1, -0.05) is 12.1 Å². The summed E-state index contributed by atoms with van der Waals surface area (Å²) in [4.78, 5) is 12.5. The zero-order chi connectivity index (χ0) is 14.8. The van der Waals surface area contributed by atoms with E-state index in [1.807, 2.05) is 35.0 Å². The lowest BCUT2D eigenvalue weighted by Crippen LogP contribution is -2.13. The summed E-state index contributed by atoms with van der Waals surface area (Å²) in [7, 11) is 1.66. The Bertz CT molecular complexity index is 653. The van der Waals surface area contributed by atoms with Crippen LogP contribution in [-0.2, 0) is 19.3 Å². The number of benzene rings is 1. The molecule has 0 saturated carbocycles. The van der Waals surface area contributed by atoms with E-state index >= 15 is 0 Å². The van der Waals surface area contributed by atoms with E-state index in [4.69, 9.17) is 4.74 Å². The third-order valence-corrected chi connectivity index (χ3v) is 4.33. The van der Waals surface area contributed by atoms with Crippen LogP contribution in [0.3, 0.4) is 0 Å². The normalized spacial score (nSPS) is 13.2. The Morgan fingerprint density at radius 3 is 2.71 bits per heavy atom. The second-order valence-electron chi connectivity index (χ2n) is 5.70. The van der Waals surface area contributed by atoms with E-state index in [0.717, 1.165) is 25.0 Å². The minimum absolute atomic E-state index is 0.206. The molecule has 21 heavy (non-hydrogen) atoms. The van der Waals surface area contributed by atoms with E-state index in [0.29, 0.717) is 6.42 Å². The number of methoxy groups -OCH3 is 1. The topological polar surface area (TPSA) is 31.2 Å². The molecule has 3 rings (SSSR count). The van der Waals surface area contributed by atoms with Crippen LogP contribution in [0.25, 0.3) is 0 Å². The Morgan fingerprint density at radius 1 is 1.24 bits per heavy atom. The summed E-state index contributed by atoms with van der Waals surface area (Å²) in [6.45, 7) is 2.11. The number of rotatable bonds is 4. The van der Waals surface area contributed by atoms with E-state index in [9.17, 15) is 4.79 Å². The lowest BCUT2D eigenvalue weighted by atomic mass is 10.1. The van der Waals surface area contributed by atoms with Crippen molar-refractivity contribution < 1.29 is 9.53 Å². The number of nitrogens with zero attached hydrogens (tertiary/aromatic N) is 1. The molecule has 0 spiro atoms. The van der Waals surface area contributed by atoms with Crippen LogP contribution < -0.4 is 4.74 Å². The average molecular weight is 283 g/mol. The standard InChI is InChI=1S/C18H21NO2/c1-13-12-19(17-5-3-4-16(13)17)18(20)11-8-14-6-9-15(21-2)10-7-14/h6-7,9-10,12H,3-5,8,11H2,1-2H3. The molecule has 3 nitrogen and oxygen atoms in total. The van der Waals surface area contributed by atoms with E-state index in [-0.39, 0.29) is 5.91 Å². The third-order valence-electron chi connectivity index (χ3n) is 4.33. The van der Waals surface area contributed by atoms with Gasteiger partial charge in [-0.3, -0.25) is 9.36 Å². The van der Waals surface area contributed by atoms with Crippen molar-refractivity contribution in [3.63, 3.8) is 0 Å². The van der Waals surface area contributed by atoms with Gasteiger partial charge in [0, 0.05) is 18.3 Å². The summed E-state index contributed by atoms with van der Waals surface area (Å²) in [5.41, 5.74) is 5.07. The molecule has 110 valence electrons. The van der Waals surface area contributed by atoms with Crippen LogP contribution in [-0.4, -0.2) is 17.6 Å². The van der Waals surface area contributed by atoms with Crippen molar-refractivity contribution in [2.45, 2.75) is 39.0 Å². The molecule has 0 N–H and O–H groups in total. The van der Waals surface area contributed by atoms with E-state index in [1.165, 1.54) is 28.8 Å². The molecule has 1 aliphatic carbocycles. The van der Waals surface area contributed by atoms with Gasteiger partial charge >= 0.3 is 0 Å². The van der Waals surface area contributed by atoms with Crippen LogP contribution in [0.2, 0.25) is 0 Å². The molecule has 0 amide bonds. The van der Waals surface area contributed by atoms with Gasteiger partial charge in [0.2, 0.25) is 5.91 Å². The minimum Gasteiger partial charge on any atom is -0.497 e. The highest BCUT2D eigenvalue weighted by Gasteiger charge is 2.21. The fourth-order valence-corrected chi connectivity index (χ4v) is 3.15. The molecular weight excluding hydrogens is 262 g/mol. The Kier molecular flexibility index (Phi) is 3.82. The number of hydrogen-bond acceptors (Lipinski definition) is 2. The summed E-state index contributed by atoms with van der Waals surface area (Å²) in [6, 6.07) is 7.93. The summed E-state index contributed by atoms with van der Waals surface area (Å²) >= 11 is 0. The molecule has 1 aromatic carbocycles. The molecular formula is C18H21NO2. The van der Waals surface area contributed by atoms with Crippen LogP contribution in [0, 0.1) is 6.92 Å². The number of hydrogen-bond donors (Lipinski definition) is 0. The van der Waals surface area contributed by atoms with Crippen LogP contribution in [0.1, 0.15) is 40.0 Å². The highest BCUT2D eigenvalue weighted by Crippen LogP contribution is 2.27. The van der Waals surface area contributed by atoms with Crippen molar-refractivity contribution in [3.8, 4) is 5.75 Å². The lowest BCUT2D eigenvalue weighted by molar-refractivity contribution is 0.0900. The molecule has 0 atom stereocenters. The van der Waals surface area contributed by atoms with Crippen LogP contribution >= 0.6 is 0 Å². The first-order chi connectivity index (χ1) is 10.2. The molecule has 0 saturated heterocycles. The maximum Gasteiger partial charge on any atom is 0.231 e. The van der Waals surface area contributed by atoms with Crippen molar-refractivity contribution in [3.05, 3.63) is 52.8 Å². The zero-order valence-corrected chi connectivity index (χ0v) is 12.7. The second kappa shape index (κ2) is 5.76. The smallest absolute Gasteiger partial charge is 0.231 e. The Morgan fingerprint density at radius 2 is 2.00 bits per heavy atom. The van der Waals surface area contributed by atoms with Crippen molar-refractivity contribution in [2.24, 2.45) is 0 Å². The van der Waals surface area contributed by atoms with Gasteiger partial charge < -0.3 is 4.74 Å². The lowest BCUT2D eigenvalue weighted by Gasteiger charge is -2.07. The Labute approximate surface area is 125 Å². The summed E-state index contributed by atoms with van der Waals surface area (Å²) in [5.74, 6) is 1.06. The quantitative estimate of drug-likeness (QED) is 0.859. The highest BCUT2D eigenvalue weighted by atomic mass is 16.5. The molecule has 0 radical (unpaired) electrons. The zero-order valence-electron chi connectivity index (χ0n) is 12.7. The van der Waals surface area contributed by atoms with Crippen LogP contribution in [0.15, 0.2) is 30.5 Å². The Balaban J connectivity index is 1.68. The molecule has 0 aliphatic heterocycles. The van der Waals surface area contributed by atoms with Crippen LogP contribution in [0.4, 0.5) is 0 Å². The van der Waals surface area contributed by atoms with Gasteiger partial charge in [-0.05, 0) is 61.4 Å². The van der Waals surface area contributed by atoms with Gasteiger partial charge in [0.25, 0.3) is 0 Å². The summed E-state index contributed by atoms with van der Waals surface area (Å²) in [5, 5.41) is 0. The van der Waals surface area contributed by atoms with Crippen LogP contribution in [0.5, 0.6) is 5.75 Å². The minimum atomic E-state index is 0.206. The fourth-order valence-electron chi connectivity index (χ4n) is 3.15.